The molecule has 0 aromatic heterocycles. The van der Waals surface area contributed by atoms with E-state index in [1.54, 1.807) is 0 Å². The van der Waals surface area contributed by atoms with Gasteiger partial charge in [0.2, 0.25) is 0 Å². The van der Waals surface area contributed by atoms with Crippen LogP contribution in [0.2, 0.25) is 0 Å². The Hall–Kier alpha value is 0.688. The summed E-state index contributed by atoms with van der Waals surface area (Å²) in [5.41, 5.74) is 0. The van der Waals surface area contributed by atoms with Crippen LogP contribution in [0, 0.1) is 6.92 Å². The van der Waals surface area contributed by atoms with E-state index in [1.807, 2.05) is 0 Å². The minimum Gasteiger partial charge on any atom is -0.343 e. The van der Waals surface area contributed by atoms with E-state index in [4.69, 9.17) is 0 Å². The third-order valence-corrected chi connectivity index (χ3v) is 0.854. The summed E-state index contributed by atoms with van der Waals surface area (Å²) in [6, 6.07) is 0. The van der Waals surface area contributed by atoms with E-state index in [2.05, 4.69) is 13.8 Å². The van der Waals surface area contributed by atoms with Gasteiger partial charge < -0.3 is 6.92 Å². The molecule has 0 aromatic carbocycles. The fourth-order valence-electron chi connectivity index (χ4n) is 0.427. The second-order valence-corrected chi connectivity index (χ2v) is 1.56. The Bertz CT molecular complexity index is 16.1. The fraction of sp³-hybridized carbons (Fsp3) is 0.833. The van der Waals surface area contributed by atoms with Crippen LogP contribution >= 0.6 is 0 Å². The number of unbranched alkanes of at least 4 members (excludes halogenated alkanes) is 3. The molecule has 0 bridgehead atoms. The molecule has 0 aliphatic carbocycles. The van der Waals surface area contributed by atoms with Gasteiger partial charge in [0.05, 0.1) is 0 Å². The molecule has 0 aliphatic heterocycles. The second-order valence-electron chi connectivity index (χ2n) is 1.56. The van der Waals surface area contributed by atoms with Crippen LogP contribution in [-0.4, -0.2) is 0 Å². The quantitative estimate of drug-likeness (QED) is 0.545. The molecule has 0 spiro atoms. The molecule has 0 aliphatic rings. The summed E-state index contributed by atoms with van der Waals surface area (Å²) in [4.78, 5) is 0. The van der Waals surface area contributed by atoms with Crippen LogP contribution in [0.15, 0.2) is 0 Å². The zero-order valence-corrected chi connectivity index (χ0v) is 7.88. The van der Waals surface area contributed by atoms with Gasteiger partial charge in [-0.05, 0) is 0 Å². The maximum Gasteiger partial charge on any atom is 2.00 e. The predicted octanol–water partition coefficient (Wildman–Crippen LogP) is 2.40. The summed E-state index contributed by atoms with van der Waals surface area (Å²) in [5, 5.41) is 0. The van der Waals surface area contributed by atoms with Gasteiger partial charge in [-0.25, -0.2) is 0 Å². The van der Waals surface area contributed by atoms with Crippen LogP contribution in [0.3, 0.4) is 0 Å². The first kappa shape index (κ1) is 10.6. The van der Waals surface area contributed by atoms with Crippen molar-refractivity contribution in [2.75, 3.05) is 0 Å². The van der Waals surface area contributed by atoms with Gasteiger partial charge in [0.1, 0.15) is 0 Å². The van der Waals surface area contributed by atoms with Gasteiger partial charge in [0, 0.05) is 0 Å². The van der Waals surface area contributed by atoms with Gasteiger partial charge in [-0.15, -0.1) is 0 Å². The van der Waals surface area contributed by atoms with E-state index in [1.165, 1.54) is 19.3 Å². The van der Waals surface area contributed by atoms with Crippen molar-refractivity contribution >= 4 is 0 Å². The average molecular weight is 269 g/mol. The van der Waals surface area contributed by atoms with E-state index >= 15 is 0 Å². The van der Waals surface area contributed by atoms with Gasteiger partial charge in [-0.2, -0.15) is 6.42 Å². The zero-order chi connectivity index (χ0) is 4.83. The number of hydrogen-bond donors (Lipinski definition) is 0. The summed E-state index contributed by atoms with van der Waals surface area (Å²) < 4.78 is 0. The van der Waals surface area contributed by atoms with Crippen molar-refractivity contribution in [2.24, 2.45) is 0 Å². The van der Waals surface area contributed by atoms with Crippen LogP contribution < -0.4 is 0 Å². The third kappa shape index (κ3) is 10.8. The van der Waals surface area contributed by atoms with Crippen molar-refractivity contribution in [3.63, 3.8) is 0 Å². The molecule has 0 saturated carbocycles. The fourth-order valence-corrected chi connectivity index (χ4v) is 0.427. The summed E-state index contributed by atoms with van der Waals surface area (Å²) in [6.45, 7) is 5.93. The molecule has 42 valence electrons. The molecule has 7 heavy (non-hydrogen) atoms. The van der Waals surface area contributed by atoms with E-state index in [0.29, 0.717) is 0 Å². The van der Waals surface area contributed by atoms with Gasteiger partial charge in [-0.1, -0.05) is 26.2 Å². The third-order valence-electron chi connectivity index (χ3n) is 0.854. The first-order chi connectivity index (χ1) is 2.91. The number of hydrogen-bond acceptors (Lipinski definition) is 0. The molecule has 0 aromatic rings. The summed E-state index contributed by atoms with van der Waals surface area (Å²) >= 11 is 0. The molecular formula is C6H13W+. The van der Waals surface area contributed by atoms with Crippen molar-refractivity contribution < 1.29 is 21.1 Å². The monoisotopic (exact) mass is 269 g/mol. The second kappa shape index (κ2) is 9.85. The van der Waals surface area contributed by atoms with Crippen molar-refractivity contribution in [2.45, 2.75) is 32.6 Å². The molecule has 0 radical (unpaired) electrons. The van der Waals surface area contributed by atoms with Crippen LogP contribution in [0.1, 0.15) is 32.6 Å². The topological polar surface area (TPSA) is 0 Å². The average Bonchev–Trinajstić information content (AvgIpc) is 1.61. The molecule has 0 fully saturated rings. The first-order valence-corrected chi connectivity index (χ1v) is 2.71. The van der Waals surface area contributed by atoms with E-state index < -0.39 is 0 Å². The van der Waals surface area contributed by atoms with Crippen molar-refractivity contribution in [3.05, 3.63) is 6.92 Å². The minimum absolute atomic E-state index is 0. The molecule has 0 saturated heterocycles. The van der Waals surface area contributed by atoms with Crippen LogP contribution in [0.25, 0.3) is 0 Å². The molecule has 0 amide bonds. The maximum atomic E-state index is 3.72. The maximum absolute atomic E-state index is 3.72. The Labute approximate surface area is 61.0 Å². The van der Waals surface area contributed by atoms with Gasteiger partial charge in [0.25, 0.3) is 0 Å². The van der Waals surface area contributed by atoms with Crippen molar-refractivity contribution in [1.29, 1.82) is 0 Å². The van der Waals surface area contributed by atoms with E-state index in [9.17, 15) is 0 Å². The Balaban J connectivity index is 0. The van der Waals surface area contributed by atoms with Gasteiger partial charge in [0.15, 0.2) is 0 Å². The number of rotatable bonds is 3. The largest absolute Gasteiger partial charge is 2.00 e. The van der Waals surface area contributed by atoms with Crippen LogP contribution in [0.4, 0.5) is 0 Å². The molecule has 0 atom stereocenters. The Morgan fingerprint density at radius 1 is 1.29 bits per heavy atom. The van der Waals surface area contributed by atoms with Crippen molar-refractivity contribution in [3.8, 4) is 0 Å². The predicted molar refractivity (Wildman–Crippen MR) is 29.5 cm³/mol. The molecular weight excluding hydrogens is 256 g/mol. The SMILES string of the molecule is [CH2-]CCCCC.[W+2]. The molecule has 0 nitrogen and oxygen atoms in total. The molecule has 0 rings (SSSR count). The van der Waals surface area contributed by atoms with Crippen molar-refractivity contribution in [1.82, 2.24) is 0 Å². The van der Waals surface area contributed by atoms with Crippen LogP contribution in [-0.2, 0) is 21.1 Å². The molecule has 0 heterocycles. The Morgan fingerprint density at radius 3 is 2.00 bits per heavy atom. The summed E-state index contributed by atoms with van der Waals surface area (Å²) in [7, 11) is 0. The van der Waals surface area contributed by atoms with Gasteiger partial charge >= 0.3 is 21.1 Å². The Morgan fingerprint density at radius 2 is 1.86 bits per heavy atom. The zero-order valence-electron chi connectivity index (χ0n) is 4.94. The summed E-state index contributed by atoms with van der Waals surface area (Å²) in [5.74, 6) is 0. The van der Waals surface area contributed by atoms with E-state index in [-0.39, 0.29) is 21.1 Å². The normalized spacial score (nSPS) is 7.71. The van der Waals surface area contributed by atoms with E-state index in [0.717, 1.165) is 6.42 Å². The molecule has 0 unspecified atom stereocenters. The van der Waals surface area contributed by atoms with Gasteiger partial charge in [-0.3, -0.25) is 0 Å². The first-order valence-electron chi connectivity index (χ1n) is 2.71. The summed E-state index contributed by atoms with van der Waals surface area (Å²) in [6.07, 6.45) is 5.07. The standard InChI is InChI=1S/C6H13.W/c1-3-5-6-4-2;/h1,3-6H2,2H3;/q-1;+2. The Kier molecular flexibility index (Phi) is 15.0. The minimum atomic E-state index is 0. The smallest absolute Gasteiger partial charge is 0.343 e. The van der Waals surface area contributed by atoms with Crippen LogP contribution in [0.5, 0.6) is 0 Å². The molecule has 0 N–H and O–H groups in total. The molecule has 1 heteroatoms.